The number of carboxylic acids is 2. The van der Waals surface area contributed by atoms with E-state index in [2.05, 4.69) is 0 Å². The number of hydrogen-bond donors (Lipinski definition) is 0. The molecule has 0 aromatic carbocycles. The van der Waals surface area contributed by atoms with Crippen LogP contribution in [0.2, 0.25) is 0 Å². The Morgan fingerprint density at radius 2 is 0.826 bits per heavy atom. The molecule has 0 bridgehead atoms. The summed E-state index contributed by atoms with van der Waals surface area (Å²) < 4.78 is 0. The van der Waals surface area contributed by atoms with Gasteiger partial charge < -0.3 is 19.8 Å². The van der Waals surface area contributed by atoms with Gasteiger partial charge in [-0.2, -0.15) is 0 Å². The monoisotopic (exact) mass is 338 g/mol. The quantitative estimate of drug-likeness (QED) is 0.734. The number of rotatable bonds is 4. The summed E-state index contributed by atoms with van der Waals surface area (Å²) in [6.45, 7) is 18.8. The molecular formula is C18H34MgO4. The van der Waals surface area contributed by atoms with Crippen LogP contribution in [0.15, 0.2) is 0 Å². The van der Waals surface area contributed by atoms with Crippen molar-refractivity contribution in [2.24, 2.45) is 21.7 Å². The van der Waals surface area contributed by atoms with Crippen molar-refractivity contribution in [2.45, 2.75) is 82.1 Å². The van der Waals surface area contributed by atoms with Crippen LogP contribution in [0.3, 0.4) is 0 Å². The summed E-state index contributed by atoms with van der Waals surface area (Å²) in [4.78, 5) is 21.6. The fourth-order valence-electron chi connectivity index (χ4n) is 1.96. The molecule has 0 fully saturated rings. The average molecular weight is 339 g/mol. The molecule has 2 atom stereocenters. The predicted molar refractivity (Wildman–Crippen MR) is 91.5 cm³/mol. The maximum Gasteiger partial charge on any atom is 2.00 e. The molecule has 0 saturated heterocycles. The van der Waals surface area contributed by atoms with Crippen LogP contribution in [0.1, 0.15) is 82.1 Å². The third-order valence-corrected chi connectivity index (χ3v) is 5.63. The minimum absolute atomic E-state index is 0. The van der Waals surface area contributed by atoms with E-state index in [0.717, 1.165) is 0 Å². The number of hydrogen-bond acceptors (Lipinski definition) is 4. The first-order valence-electron chi connectivity index (χ1n) is 7.94. The van der Waals surface area contributed by atoms with Gasteiger partial charge in [-0.25, -0.2) is 0 Å². The van der Waals surface area contributed by atoms with Crippen molar-refractivity contribution in [2.75, 3.05) is 0 Å². The third kappa shape index (κ3) is 6.61. The summed E-state index contributed by atoms with van der Waals surface area (Å²) in [5.74, 6) is -1.90. The maximum absolute atomic E-state index is 10.8. The van der Waals surface area contributed by atoms with Gasteiger partial charge in [-0.3, -0.25) is 0 Å². The standard InChI is InChI=1S/2C9H18O2.Mg/c2*1-6-9(5,7(10)11)8(2,3)4;/h2*6H2,1-5H3,(H,10,11);/q;;+2/p-2. The first-order chi connectivity index (χ1) is 9.51. The Hall–Kier alpha value is -0.294. The van der Waals surface area contributed by atoms with Gasteiger partial charge in [0.15, 0.2) is 0 Å². The first-order valence-corrected chi connectivity index (χ1v) is 7.94. The number of carbonyl (C=O) groups is 2. The third-order valence-electron chi connectivity index (χ3n) is 5.63. The molecule has 4 nitrogen and oxygen atoms in total. The summed E-state index contributed by atoms with van der Waals surface area (Å²) in [5, 5.41) is 21.6. The molecule has 2 unspecified atom stereocenters. The van der Waals surface area contributed by atoms with Crippen molar-refractivity contribution in [3.8, 4) is 0 Å². The van der Waals surface area contributed by atoms with E-state index < -0.39 is 22.8 Å². The summed E-state index contributed by atoms with van der Waals surface area (Å²) in [6, 6.07) is 0. The normalized spacial score (nSPS) is 16.8. The second kappa shape index (κ2) is 9.26. The molecule has 5 heteroatoms. The first kappa shape index (κ1) is 27.5. The average Bonchev–Trinajstić information content (AvgIpc) is 2.34. The van der Waals surface area contributed by atoms with Crippen molar-refractivity contribution in [1.29, 1.82) is 0 Å². The van der Waals surface area contributed by atoms with Gasteiger partial charge in [0, 0.05) is 22.8 Å². The molecule has 0 aliphatic rings. The van der Waals surface area contributed by atoms with Gasteiger partial charge in [-0.15, -0.1) is 0 Å². The van der Waals surface area contributed by atoms with Crippen LogP contribution in [0.5, 0.6) is 0 Å². The van der Waals surface area contributed by atoms with Crippen molar-refractivity contribution in [1.82, 2.24) is 0 Å². The predicted octanol–water partition coefficient (Wildman–Crippen LogP) is 2.02. The molecule has 23 heavy (non-hydrogen) atoms. The molecule has 0 amide bonds. The Balaban J connectivity index is -0.000000333. The van der Waals surface area contributed by atoms with Crippen LogP contribution in [0, 0.1) is 21.7 Å². The van der Waals surface area contributed by atoms with Crippen LogP contribution in [-0.2, 0) is 9.59 Å². The van der Waals surface area contributed by atoms with Crippen molar-refractivity contribution in [3.05, 3.63) is 0 Å². The number of carbonyl (C=O) groups excluding carboxylic acids is 2. The van der Waals surface area contributed by atoms with Crippen LogP contribution < -0.4 is 10.2 Å². The minimum atomic E-state index is -0.951. The van der Waals surface area contributed by atoms with Crippen molar-refractivity contribution >= 4 is 35.0 Å². The van der Waals surface area contributed by atoms with Gasteiger partial charge in [-0.05, 0) is 23.7 Å². The molecule has 0 N–H and O–H groups in total. The second-order valence-electron chi connectivity index (χ2n) is 8.45. The van der Waals surface area contributed by atoms with Gasteiger partial charge in [-0.1, -0.05) is 69.2 Å². The topological polar surface area (TPSA) is 80.3 Å². The van der Waals surface area contributed by atoms with Gasteiger partial charge >= 0.3 is 23.1 Å². The SMILES string of the molecule is CCC(C)(C(=O)[O-])C(C)(C)C.CCC(C)(C(=O)[O-])C(C)(C)C.[Mg+2]. The largest absolute Gasteiger partial charge is 2.00 e. The van der Waals surface area contributed by atoms with Crippen LogP contribution in [0.25, 0.3) is 0 Å². The van der Waals surface area contributed by atoms with Crippen LogP contribution in [-0.4, -0.2) is 35.0 Å². The van der Waals surface area contributed by atoms with Crippen molar-refractivity contribution in [3.63, 3.8) is 0 Å². The fourth-order valence-corrected chi connectivity index (χ4v) is 1.96. The Morgan fingerprint density at radius 3 is 0.826 bits per heavy atom. The Bertz CT molecular complexity index is 355. The maximum atomic E-state index is 10.8. The van der Waals surface area contributed by atoms with E-state index >= 15 is 0 Å². The molecule has 0 saturated carbocycles. The van der Waals surface area contributed by atoms with Gasteiger partial charge in [0.1, 0.15) is 0 Å². The fraction of sp³-hybridized carbons (Fsp3) is 0.889. The van der Waals surface area contributed by atoms with Gasteiger partial charge in [0.05, 0.1) is 0 Å². The van der Waals surface area contributed by atoms with E-state index in [-0.39, 0.29) is 33.9 Å². The van der Waals surface area contributed by atoms with Gasteiger partial charge in [0.25, 0.3) is 0 Å². The zero-order valence-corrected chi connectivity index (χ0v) is 18.2. The van der Waals surface area contributed by atoms with E-state index in [1.165, 1.54) is 0 Å². The molecule has 0 heterocycles. The molecule has 0 rings (SSSR count). The van der Waals surface area contributed by atoms with E-state index in [0.29, 0.717) is 12.8 Å². The zero-order valence-electron chi connectivity index (χ0n) is 16.8. The van der Waals surface area contributed by atoms with E-state index in [1.807, 2.05) is 55.4 Å². The Labute approximate surface area is 158 Å². The molecule has 0 aliphatic heterocycles. The van der Waals surface area contributed by atoms with Crippen LogP contribution >= 0.6 is 0 Å². The number of carboxylic acid groups (broad SMARTS) is 2. The molecule has 132 valence electrons. The van der Waals surface area contributed by atoms with E-state index in [1.54, 1.807) is 13.8 Å². The summed E-state index contributed by atoms with van der Waals surface area (Å²) in [5.41, 5.74) is -1.90. The number of aliphatic carboxylic acids is 2. The Morgan fingerprint density at radius 1 is 0.652 bits per heavy atom. The summed E-state index contributed by atoms with van der Waals surface area (Å²) >= 11 is 0. The van der Waals surface area contributed by atoms with E-state index in [9.17, 15) is 19.8 Å². The molecule has 0 aliphatic carbocycles. The molecule has 0 spiro atoms. The van der Waals surface area contributed by atoms with Gasteiger partial charge in [0.2, 0.25) is 0 Å². The minimum Gasteiger partial charge on any atom is -0.550 e. The smallest absolute Gasteiger partial charge is 0.550 e. The molecule has 0 aromatic heterocycles. The second-order valence-corrected chi connectivity index (χ2v) is 8.45. The molecular weight excluding hydrogens is 304 g/mol. The summed E-state index contributed by atoms with van der Waals surface area (Å²) in [6.07, 6.45) is 1.22. The molecule has 0 radical (unpaired) electrons. The van der Waals surface area contributed by atoms with Crippen molar-refractivity contribution < 1.29 is 19.8 Å². The summed E-state index contributed by atoms with van der Waals surface area (Å²) in [7, 11) is 0. The Kier molecular flexibility index (Phi) is 11.1. The van der Waals surface area contributed by atoms with Crippen LogP contribution in [0.4, 0.5) is 0 Å². The zero-order chi connectivity index (χ0) is 18.6. The molecule has 0 aromatic rings. The van der Waals surface area contributed by atoms with E-state index in [4.69, 9.17) is 0 Å².